The second-order valence-electron chi connectivity index (χ2n) is 4.47. The summed E-state index contributed by atoms with van der Waals surface area (Å²) >= 11 is 0. The molecule has 1 aliphatic carbocycles. The van der Waals surface area contributed by atoms with E-state index < -0.39 is 0 Å². The van der Waals surface area contributed by atoms with E-state index in [4.69, 9.17) is 5.73 Å². The van der Waals surface area contributed by atoms with Crippen LogP contribution in [0.3, 0.4) is 0 Å². The molecule has 1 aliphatic rings. The lowest BCUT2D eigenvalue weighted by atomic mass is 9.93. The maximum absolute atomic E-state index is 5.72. The average molecular weight is 216 g/mol. The number of nitrogen functional groups attached to an aromatic ring is 1. The van der Waals surface area contributed by atoms with Crippen LogP contribution in [-0.2, 0) is 6.54 Å². The fourth-order valence-electron chi connectivity index (χ4n) is 2.00. The number of fused-ring (bicyclic) bond motifs is 1. The number of aromatic nitrogens is 2. The fourth-order valence-corrected chi connectivity index (χ4v) is 2.00. The van der Waals surface area contributed by atoms with Gasteiger partial charge >= 0.3 is 0 Å². The topological polar surface area (TPSA) is 55.4 Å². The molecule has 1 fully saturated rings. The molecule has 0 spiro atoms. The summed E-state index contributed by atoms with van der Waals surface area (Å²) in [5.41, 5.74) is 8.48. The average Bonchev–Trinajstić information content (AvgIpc) is 2.57. The molecule has 16 heavy (non-hydrogen) atoms. The summed E-state index contributed by atoms with van der Waals surface area (Å²) in [7, 11) is 0. The summed E-state index contributed by atoms with van der Waals surface area (Å²) in [5.74, 6) is 0. The van der Waals surface area contributed by atoms with E-state index in [1.54, 1.807) is 0 Å². The van der Waals surface area contributed by atoms with Gasteiger partial charge in [-0.2, -0.15) is 0 Å². The number of pyridine rings is 1. The van der Waals surface area contributed by atoms with Crippen LogP contribution in [0.15, 0.2) is 24.5 Å². The number of imidazole rings is 1. The molecule has 0 aromatic carbocycles. The van der Waals surface area contributed by atoms with Crippen LogP contribution in [0.4, 0.5) is 5.69 Å². The largest absolute Gasteiger partial charge is 0.399 e. The molecular formula is C12H16N4. The first kappa shape index (κ1) is 9.66. The van der Waals surface area contributed by atoms with Crippen molar-refractivity contribution in [2.45, 2.75) is 31.8 Å². The van der Waals surface area contributed by atoms with E-state index in [1.807, 2.05) is 22.7 Å². The summed E-state index contributed by atoms with van der Waals surface area (Å²) < 4.78 is 2.01. The van der Waals surface area contributed by atoms with Crippen molar-refractivity contribution in [3.8, 4) is 0 Å². The van der Waals surface area contributed by atoms with Gasteiger partial charge in [0.05, 0.1) is 5.69 Å². The number of hydrogen-bond acceptors (Lipinski definition) is 3. The van der Waals surface area contributed by atoms with E-state index in [-0.39, 0.29) is 0 Å². The van der Waals surface area contributed by atoms with Crippen molar-refractivity contribution in [1.82, 2.24) is 14.7 Å². The van der Waals surface area contributed by atoms with Crippen LogP contribution in [0.1, 0.15) is 25.0 Å². The van der Waals surface area contributed by atoms with Gasteiger partial charge in [0.2, 0.25) is 0 Å². The highest BCUT2D eigenvalue weighted by molar-refractivity contribution is 5.52. The molecule has 0 atom stereocenters. The maximum Gasteiger partial charge on any atom is 0.139 e. The van der Waals surface area contributed by atoms with Crippen LogP contribution in [0.5, 0.6) is 0 Å². The number of nitrogens with two attached hydrogens (primary N) is 1. The van der Waals surface area contributed by atoms with Gasteiger partial charge in [0, 0.05) is 36.7 Å². The molecule has 1 saturated carbocycles. The summed E-state index contributed by atoms with van der Waals surface area (Å²) in [6.07, 6.45) is 7.98. The minimum absolute atomic E-state index is 0.704. The number of nitrogens with zero attached hydrogens (tertiary/aromatic N) is 2. The molecule has 0 unspecified atom stereocenters. The minimum atomic E-state index is 0.704. The highest BCUT2D eigenvalue weighted by Gasteiger charge is 2.16. The first-order valence-electron chi connectivity index (χ1n) is 5.78. The SMILES string of the molecule is Nc1ccn2cc(CNC3CCC3)nc2c1. The molecule has 84 valence electrons. The van der Waals surface area contributed by atoms with Crippen LogP contribution in [0.2, 0.25) is 0 Å². The molecule has 0 aliphatic heterocycles. The van der Waals surface area contributed by atoms with Gasteiger partial charge < -0.3 is 15.5 Å². The lowest BCUT2D eigenvalue weighted by molar-refractivity contribution is 0.337. The van der Waals surface area contributed by atoms with Gasteiger partial charge in [0.1, 0.15) is 5.65 Å². The Kier molecular flexibility index (Phi) is 2.29. The lowest BCUT2D eigenvalue weighted by Gasteiger charge is -2.26. The summed E-state index contributed by atoms with van der Waals surface area (Å²) in [4.78, 5) is 4.52. The van der Waals surface area contributed by atoms with E-state index in [0.29, 0.717) is 6.04 Å². The van der Waals surface area contributed by atoms with Gasteiger partial charge in [-0.25, -0.2) is 4.98 Å². The van der Waals surface area contributed by atoms with Crippen LogP contribution in [0, 0.1) is 0 Å². The molecule has 2 aromatic heterocycles. The Morgan fingerprint density at radius 2 is 2.38 bits per heavy atom. The first-order chi connectivity index (χ1) is 7.81. The molecule has 2 aromatic rings. The van der Waals surface area contributed by atoms with Crippen molar-refractivity contribution >= 4 is 11.3 Å². The van der Waals surface area contributed by atoms with Gasteiger partial charge in [0.15, 0.2) is 0 Å². The van der Waals surface area contributed by atoms with Gasteiger partial charge in [-0.1, -0.05) is 6.42 Å². The van der Waals surface area contributed by atoms with Crippen molar-refractivity contribution in [3.05, 3.63) is 30.2 Å². The molecule has 3 N–H and O–H groups in total. The molecular weight excluding hydrogens is 200 g/mol. The molecule has 4 nitrogen and oxygen atoms in total. The molecule has 0 bridgehead atoms. The van der Waals surface area contributed by atoms with Crippen molar-refractivity contribution in [2.24, 2.45) is 0 Å². The molecule has 0 radical (unpaired) electrons. The summed E-state index contributed by atoms with van der Waals surface area (Å²) in [6, 6.07) is 4.49. The highest BCUT2D eigenvalue weighted by Crippen LogP contribution is 2.18. The zero-order chi connectivity index (χ0) is 11.0. The van der Waals surface area contributed by atoms with Crippen LogP contribution < -0.4 is 11.1 Å². The minimum Gasteiger partial charge on any atom is -0.399 e. The second kappa shape index (κ2) is 3.79. The Labute approximate surface area is 94.5 Å². The zero-order valence-electron chi connectivity index (χ0n) is 9.19. The third-order valence-electron chi connectivity index (χ3n) is 3.21. The molecule has 0 amide bonds. The second-order valence-corrected chi connectivity index (χ2v) is 4.47. The molecule has 4 heteroatoms. The molecule has 3 rings (SSSR count). The van der Waals surface area contributed by atoms with Gasteiger partial charge in [0.25, 0.3) is 0 Å². The van der Waals surface area contributed by atoms with E-state index in [1.165, 1.54) is 19.3 Å². The number of rotatable bonds is 3. The Bertz CT molecular complexity index is 499. The zero-order valence-corrected chi connectivity index (χ0v) is 9.19. The maximum atomic E-state index is 5.72. The molecule has 0 saturated heterocycles. The predicted molar refractivity (Wildman–Crippen MR) is 64.1 cm³/mol. The standard InChI is InChI=1S/C12H16N4/c13-9-4-5-16-8-11(15-12(16)6-9)7-14-10-2-1-3-10/h4-6,8,10,14H,1-3,7,13H2. The van der Waals surface area contributed by atoms with Crippen molar-refractivity contribution < 1.29 is 0 Å². The highest BCUT2D eigenvalue weighted by atomic mass is 15.0. The van der Waals surface area contributed by atoms with E-state index in [0.717, 1.165) is 23.6 Å². The van der Waals surface area contributed by atoms with E-state index in [2.05, 4.69) is 16.5 Å². The van der Waals surface area contributed by atoms with Gasteiger partial charge in [-0.05, 0) is 18.9 Å². The number of anilines is 1. The van der Waals surface area contributed by atoms with Crippen LogP contribution in [0.25, 0.3) is 5.65 Å². The van der Waals surface area contributed by atoms with Crippen molar-refractivity contribution in [2.75, 3.05) is 5.73 Å². The van der Waals surface area contributed by atoms with E-state index in [9.17, 15) is 0 Å². The van der Waals surface area contributed by atoms with Crippen LogP contribution in [-0.4, -0.2) is 15.4 Å². The van der Waals surface area contributed by atoms with E-state index >= 15 is 0 Å². The fraction of sp³-hybridized carbons (Fsp3) is 0.417. The monoisotopic (exact) mass is 216 g/mol. The normalized spacial score (nSPS) is 16.5. The number of hydrogen-bond donors (Lipinski definition) is 2. The Morgan fingerprint density at radius 1 is 1.50 bits per heavy atom. The third-order valence-corrected chi connectivity index (χ3v) is 3.21. The summed E-state index contributed by atoms with van der Waals surface area (Å²) in [6.45, 7) is 0.853. The number of nitrogens with one attached hydrogen (secondary N) is 1. The first-order valence-corrected chi connectivity index (χ1v) is 5.78. The van der Waals surface area contributed by atoms with Gasteiger partial charge in [-0.15, -0.1) is 0 Å². The third kappa shape index (κ3) is 1.76. The Hall–Kier alpha value is -1.55. The lowest BCUT2D eigenvalue weighted by Crippen LogP contribution is -2.34. The van der Waals surface area contributed by atoms with Crippen molar-refractivity contribution in [1.29, 1.82) is 0 Å². The predicted octanol–water partition coefficient (Wildman–Crippen LogP) is 1.56. The quantitative estimate of drug-likeness (QED) is 0.818. The molecule has 2 heterocycles. The Morgan fingerprint density at radius 3 is 3.12 bits per heavy atom. The van der Waals surface area contributed by atoms with Gasteiger partial charge in [-0.3, -0.25) is 0 Å². The summed E-state index contributed by atoms with van der Waals surface area (Å²) in [5, 5.41) is 3.50. The van der Waals surface area contributed by atoms with Crippen molar-refractivity contribution in [3.63, 3.8) is 0 Å². The van der Waals surface area contributed by atoms with Crippen LogP contribution >= 0.6 is 0 Å². The smallest absolute Gasteiger partial charge is 0.139 e. The Balaban J connectivity index is 1.76.